The average molecular weight is 739 g/mol. The van der Waals surface area contributed by atoms with Gasteiger partial charge in [-0.1, -0.05) is 57.1 Å². The fourth-order valence-corrected chi connectivity index (χ4v) is 7.04. The number of nitrogens with zero attached hydrogens (tertiary/aromatic N) is 3. The molecule has 242 valence electrons. The van der Waals surface area contributed by atoms with Gasteiger partial charge in [0, 0.05) is 10.0 Å². The minimum Gasteiger partial charge on any atom is -0.493 e. The van der Waals surface area contributed by atoms with E-state index < -0.39 is 12.0 Å². The van der Waals surface area contributed by atoms with E-state index in [1.807, 2.05) is 6.07 Å². The molecule has 0 amide bonds. The fourth-order valence-electron chi connectivity index (χ4n) is 5.18. The summed E-state index contributed by atoms with van der Waals surface area (Å²) in [6.45, 7) is 3.67. The third-order valence-corrected chi connectivity index (χ3v) is 9.32. The largest absolute Gasteiger partial charge is 0.493 e. The number of hydrogen-bond acceptors (Lipinski definition) is 10. The Morgan fingerprint density at radius 2 is 1.81 bits per heavy atom. The molecule has 2 heterocycles. The van der Waals surface area contributed by atoms with Gasteiger partial charge in [-0.3, -0.25) is 9.36 Å². The second-order valence-corrected chi connectivity index (χ2v) is 12.4. The van der Waals surface area contributed by atoms with Crippen LogP contribution in [0.3, 0.4) is 0 Å². The van der Waals surface area contributed by atoms with Crippen molar-refractivity contribution in [2.45, 2.75) is 26.5 Å². The first-order valence-corrected chi connectivity index (χ1v) is 16.2. The van der Waals surface area contributed by atoms with E-state index >= 15 is 0 Å². The van der Waals surface area contributed by atoms with Crippen LogP contribution in [0.4, 0.5) is 0 Å². The third kappa shape index (κ3) is 6.65. The summed E-state index contributed by atoms with van der Waals surface area (Å²) < 4.78 is 30.4. The average Bonchev–Trinajstić information content (AvgIpc) is 3.36. The van der Waals surface area contributed by atoms with Gasteiger partial charge in [-0.15, -0.1) is 0 Å². The van der Waals surface area contributed by atoms with Crippen molar-refractivity contribution in [3.8, 4) is 29.1 Å². The maximum atomic E-state index is 14.2. The number of benzene rings is 3. The lowest BCUT2D eigenvalue weighted by molar-refractivity contribution is -0.139. The first-order chi connectivity index (χ1) is 22.6. The number of nitriles is 1. The number of halogens is 2. The number of aromatic nitrogens is 1. The molecule has 0 saturated carbocycles. The monoisotopic (exact) mass is 737 g/mol. The van der Waals surface area contributed by atoms with Crippen molar-refractivity contribution in [2.75, 3.05) is 27.9 Å². The number of rotatable bonds is 10. The van der Waals surface area contributed by atoms with Crippen molar-refractivity contribution in [2.24, 2.45) is 4.99 Å². The van der Waals surface area contributed by atoms with Crippen molar-refractivity contribution in [3.63, 3.8) is 0 Å². The molecule has 1 aliphatic rings. The van der Waals surface area contributed by atoms with Gasteiger partial charge < -0.3 is 23.7 Å². The van der Waals surface area contributed by atoms with E-state index in [4.69, 9.17) is 35.3 Å². The van der Waals surface area contributed by atoms with E-state index in [9.17, 15) is 14.9 Å². The molecule has 47 heavy (non-hydrogen) atoms. The fraction of sp³-hybridized carbons (Fsp3) is 0.235. The molecular weight excluding hydrogens is 710 g/mol. The molecule has 1 aliphatic heterocycles. The molecule has 10 nitrogen and oxygen atoms in total. The van der Waals surface area contributed by atoms with Gasteiger partial charge in [0.25, 0.3) is 5.56 Å². The quantitative estimate of drug-likeness (QED) is 0.190. The van der Waals surface area contributed by atoms with Gasteiger partial charge in [0.05, 0.1) is 66.4 Å². The molecule has 1 atom stereocenters. The first kappa shape index (κ1) is 33.8. The van der Waals surface area contributed by atoms with E-state index in [1.54, 1.807) is 62.4 Å². The molecule has 0 N–H and O–H groups in total. The van der Waals surface area contributed by atoms with Crippen LogP contribution in [0.5, 0.6) is 23.0 Å². The van der Waals surface area contributed by atoms with Gasteiger partial charge in [-0.25, -0.2) is 9.79 Å². The van der Waals surface area contributed by atoms with E-state index in [2.05, 4.69) is 27.0 Å². The Kier molecular flexibility index (Phi) is 10.4. The van der Waals surface area contributed by atoms with Crippen molar-refractivity contribution in [1.82, 2.24) is 4.57 Å². The predicted octanol–water partition coefficient (Wildman–Crippen LogP) is 5.69. The second kappa shape index (κ2) is 14.5. The summed E-state index contributed by atoms with van der Waals surface area (Å²) in [7, 11) is 4.52. The van der Waals surface area contributed by atoms with Gasteiger partial charge in [0.1, 0.15) is 6.61 Å². The van der Waals surface area contributed by atoms with Crippen molar-refractivity contribution in [1.29, 1.82) is 5.26 Å². The van der Waals surface area contributed by atoms with Gasteiger partial charge in [-0.05, 0) is 61.4 Å². The predicted molar refractivity (Wildman–Crippen MR) is 181 cm³/mol. The van der Waals surface area contributed by atoms with Crippen LogP contribution >= 0.6 is 38.9 Å². The third-order valence-electron chi connectivity index (χ3n) is 7.37. The Bertz CT molecular complexity index is 2130. The van der Waals surface area contributed by atoms with Crippen LogP contribution in [-0.4, -0.2) is 38.5 Å². The normalized spacial score (nSPS) is 14.2. The number of thiazole rings is 1. The zero-order valence-electron chi connectivity index (χ0n) is 26.1. The molecule has 0 fully saturated rings. The van der Waals surface area contributed by atoms with Crippen LogP contribution in [0.2, 0.25) is 5.02 Å². The van der Waals surface area contributed by atoms with E-state index in [0.717, 1.165) is 0 Å². The summed E-state index contributed by atoms with van der Waals surface area (Å²) in [5, 5.41) is 9.67. The summed E-state index contributed by atoms with van der Waals surface area (Å²) in [5.74, 6) is 0.957. The van der Waals surface area contributed by atoms with Crippen molar-refractivity contribution in [3.05, 3.63) is 111 Å². The molecule has 4 aromatic rings. The molecule has 3 aromatic carbocycles. The summed E-state index contributed by atoms with van der Waals surface area (Å²) in [6, 6.07) is 15.2. The maximum Gasteiger partial charge on any atom is 0.338 e. The molecule has 0 bridgehead atoms. The van der Waals surface area contributed by atoms with Crippen molar-refractivity contribution < 1.29 is 28.5 Å². The van der Waals surface area contributed by atoms with Crippen LogP contribution in [0, 0.1) is 11.3 Å². The molecule has 0 spiro atoms. The molecule has 0 saturated heterocycles. The Labute approximate surface area is 287 Å². The lowest BCUT2D eigenvalue weighted by Gasteiger charge is -2.26. The zero-order valence-corrected chi connectivity index (χ0v) is 29.2. The van der Waals surface area contributed by atoms with E-state index in [0.29, 0.717) is 64.8 Å². The van der Waals surface area contributed by atoms with Crippen LogP contribution in [0.15, 0.2) is 74.1 Å². The summed E-state index contributed by atoms with van der Waals surface area (Å²) >= 11 is 11.4. The maximum absolute atomic E-state index is 14.2. The Hall–Kier alpha value is -4.57. The number of carbonyl (C=O) groups is 1. The second-order valence-electron chi connectivity index (χ2n) is 10.1. The Morgan fingerprint density at radius 3 is 2.49 bits per heavy atom. The molecule has 0 unspecified atom stereocenters. The van der Waals surface area contributed by atoms with Gasteiger partial charge in [0.2, 0.25) is 0 Å². The SMILES string of the molecule is CCOC(=O)C1=C(C)N=c2s/c(=C\c3cc(Cl)c(OCc4ccccc4C#N)c(OC)c3)c(=O)n2[C@@H]1c1cc(OC)c(OC)cc1Br. The van der Waals surface area contributed by atoms with E-state index in [-0.39, 0.29) is 29.4 Å². The summed E-state index contributed by atoms with van der Waals surface area (Å²) in [6.07, 6.45) is 1.68. The van der Waals surface area contributed by atoms with Gasteiger partial charge >= 0.3 is 5.97 Å². The topological polar surface area (TPSA) is 121 Å². The highest BCUT2D eigenvalue weighted by atomic mass is 79.9. The first-order valence-electron chi connectivity index (χ1n) is 14.2. The molecule has 13 heteroatoms. The molecule has 0 radical (unpaired) electrons. The number of esters is 1. The standard InChI is InChI=1S/C34H29BrClN3O7S/c1-6-45-33(41)29-18(2)38-34-39(30(29)22-14-25(42-3)26(43-4)15-23(22)35)32(40)28(47-34)13-19-11-24(36)31(27(12-19)44-5)46-17-21-10-8-7-9-20(21)16-37/h7-15,30H,6,17H2,1-5H3/b28-13-/t30-/m1/s1. The van der Waals surface area contributed by atoms with Crippen molar-refractivity contribution >= 4 is 50.9 Å². The number of hydrogen-bond donors (Lipinski definition) is 0. The number of methoxy groups -OCH3 is 3. The lowest BCUT2D eigenvalue weighted by Crippen LogP contribution is -2.40. The highest BCUT2D eigenvalue weighted by Gasteiger charge is 2.35. The number of fused-ring (bicyclic) bond motifs is 1. The minimum atomic E-state index is -0.883. The van der Waals surface area contributed by atoms with Gasteiger partial charge in [-0.2, -0.15) is 5.26 Å². The molecule has 1 aromatic heterocycles. The van der Waals surface area contributed by atoms with Crippen LogP contribution in [0.1, 0.15) is 42.1 Å². The van der Waals surface area contributed by atoms with Crippen LogP contribution in [-0.2, 0) is 16.1 Å². The van der Waals surface area contributed by atoms with Crippen LogP contribution < -0.4 is 33.8 Å². The van der Waals surface area contributed by atoms with Gasteiger partial charge in [0.15, 0.2) is 27.8 Å². The number of carbonyl (C=O) groups excluding carboxylic acids is 1. The number of allylic oxidation sites excluding steroid dienone is 1. The summed E-state index contributed by atoms with van der Waals surface area (Å²) in [4.78, 5) is 32.5. The summed E-state index contributed by atoms with van der Waals surface area (Å²) in [5.41, 5.74) is 2.62. The minimum absolute atomic E-state index is 0.103. The zero-order chi connectivity index (χ0) is 33.8. The molecule has 0 aliphatic carbocycles. The Balaban J connectivity index is 1.62. The Morgan fingerprint density at radius 1 is 1.11 bits per heavy atom. The lowest BCUT2D eigenvalue weighted by atomic mass is 9.95. The smallest absolute Gasteiger partial charge is 0.338 e. The van der Waals surface area contributed by atoms with Crippen LogP contribution in [0.25, 0.3) is 6.08 Å². The highest BCUT2D eigenvalue weighted by Crippen LogP contribution is 2.41. The number of ether oxygens (including phenoxy) is 5. The molecule has 5 rings (SSSR count). The highest BCUT2D eigenvalue weighted by molar-refractivity contribution is 9.10. The molecular formula is C34H29BrClN3O7S. The van der Waals surface area contributed by atoms with E-state index in [1.165, 1.54) is 37.2 Å².